The van der Waals surface area contributed by atoms with Gasteiger partial charge in [-0.25, -0.2) is 4.98 Å². The first-order chi connectivity index (χ1) is 9.78. The number of thiazole rings is 1. The van der Waals surface area contributed by atoms with Gasteiger partial charge in [-0.1, -0.05) is 32.1 Å². The Hall–Kier alpha value is -1.34. The van der Waals surface area contributed by atoms with E-state index in [-0.39, 0.29) is 11.3 Å². The molecule has 2 N–H and O–H groups in total. The number of hydrogen-bond donors (Lipinski definition) is 1. The number of anilines is 2. The normalized spacial score (nSPS) is 16.1. The van der Waals surface area contributed by atoms with E-state index in [0.29, 0.717) is 30.5 Å². The summed E-state index contributed by atoms with van der Waals surface area (Å²) < 4.78 is 5.33. The molecule has 1 fully saturated rings. The van der Waals surface area contributed by atoms with Crippen molar-refractivity contribution in [1.82, 2.24) is 9.88 Å². The molecular weight excluding hydrogens is 288 g/mol. The summed E-state index contributed by atoms with van der Waals surface area (Å²) in [6, 6.07) is 0. The fourth-order valence-electron chi connectivity index (χ4n) is 2.32. The van der Waals surface area contributed by atoms with Crippen molar-refractivity contribution in [2.75, 3.05) is 50.5 Å². The molecule has 2 heterocycles. The summed E-state index contributed by atoms with van der Waals surface area (Å²) >= 11 is 1.37. The zero-order valence-corrected chi connectivity index (χ0v) is 14.0. The first-order valence-corrected chi connectivity index (χ1v) is 7.94. The van der Waals surface area contributed by atoms with Gasteiger partial charge in [-0.2, -0.15) is 0 Å². The largest absolute Gasteiger partial charge is 0.382 e. The third-order valence-corrected chi connectivity index (χ3v) is 4.30. The molecule has 6 nitrogen and oxygen atoms in total. The Kier molecular flexibility index (Phi) is 4.73. The lowest BCUT2D eigenvalue weighted by Gasteiger charge is -2.26. The van der Waals surface area contributed by atoms with Crippen molar-refractivity contribution >= 4 is 28.2 Å². The topological polar surface area (TPSA) is 71.7 Å². The van der Waals surface area contributed by atoms with Crippen molar-refractivity contribution in [3.8, 4) is 0 Å². The number of carbonyl (C=O) groups excluding carboxylic acids is 1. The maximum absolute atomic E-state index is 12.5. The van der Waals surface area contributed by atoms with Gasteiger partial charge >= 0.3 is 0 Å². The molecular formula is C14H24N4O2S. The summed E-state index contributed by atoms with van der Waals surface area (Å²) in [4.78, 5) is 21.2. The second-order valence-corrected chi connectivity index (χ2v) is 7.51. The van der Waals surface area contributed by atoms with E-state index in [2.05, 4.69) is 30.7 Å². The van der Waals surface area contributed by atoms with Gasteiger partial charge in [0.2, 0.25) is 0 Å². The molecule has 1 aliphatic heterocycles. The molecule has 1 aromatic rings. The summed E-state index contributed by atoms with van der Waals surface area (Å²) in [7, 11) is 1.81. The molecule has 0 aromatic carbocycles. The van der Waals surface area contributed by atoms with E-state index in [4.69, 9.17) is 10.5 Å². The van der Waals surface area contributed by atoms with Gasteiger partial charge in [0.25, 0.3) is 5.91 Å². The van der Waals surface area contributed by atoms with E-state index in [1.54, 1.807) is 11.9 Å². The van der Waals surface area contributed by atoms with E-state index < -0.39 is 0 Å². The molecule has 0 spiro atoms. The lowest BCUT2D eigenvalue weighted by Crippen LogP contribution is -2.36. The van der Waals surface area contributed by atoms with Gasteiger partial charge in [-0.3, -0.25) is 4.79 Å². The third kappa shape index (κ3) is 4.07. The number of nitrogen functional groups attached to an aromatic ring is 1. The lowest BCUT2D eigenvalue weighted by atomic mass is 9.96. The first-order valence-electron chi connectivity index (χ1n) is 7.12. The molecule has 0 aliphatic carbocycles. The second kappa shape index (κ2) is 6.19. The zero-order chi connectivity index (χ0) is 15.6. The molecule has 1 saturated heterocycles. The highest BCUT2D eigenvalue weighted by Crippen LogP contribution is 2.30. The van der Waals surface area contributed by atoms with Crippen LogP contribution in [0.15, 0.2) is 0 Å². The van der Waals surface area contributed by atoms with Crippen LogP contribution in [0, 0.1) is 5.41 Å². The Morgan fingerprint density at radius 1 is 1.43 bits per heavy atom. The van der Waals surface area contributed by atoms with Gasteiger partial charge in [0.05, 0.1) is 13.2 Å². The molecule has 0 unspecified atom stereocenters. The number of rotatable bonds is 3. The van der Waals surface area contributed by atoms with E-state index in [0.717, 1.165) is 18.2 Å². The Morgan fingerprint density at radius 2 is 2.05 bits per heavy atom. The molecule has 0 bridgehead atoms. The molecule has 1 aromatic heterocycles. The quantitative estimate of drug-likeness (QED) is 0.919. The average Bonchev–Trinajstić information content (AvgIpc) is 2.79. The standard InChI is InChI=1S/C14H24N4O2S/c1-14(2,3)9-17(4)12(19)10-11(15)16-13(21-10)18-5-7-20-8-6-18/h5-9,15H2,1-4H3. The van der Waals surface area contributed by atoms with Crippen molar-refractivity contribution in [1.29, 1.82) is 0 Å². The minimum atomic E-state index is -0.0561. The van der Waals surface area contributed by atoms with Crippen molar-refractivity contribution < 1.29 is 9.53 Å². The number of hydrogen-bond acceptors (Lipinski definition) is 6. The summed E-state index contributed by atoms with van der Waals surface area (Å²) in [5, 5.41) is 0.809. The van der Waals surface area contributed by atoms with E-state index in [9.17, 15) is 4.79 Å². The number of nitrogens with zero attached hydrogens (tertiary/aromatic N) is 3. The first kappa shape index (κ1) is 16.0. The third-order valence-electron chi connectivity index (χ3n) is 3.18. The van der Waals surface area contributed by atoms with Gasteiger partial charge in [0.15, 0.2) is 5.13 Å². The molecule has 0 atom stereocenters. The Morgan fingerprint density at radius 3 is 2.62 bits per heavy atom. The minimum absolute atomic E-state index is 0.0525. The van der Waals surface area contributed by atoms with Crippen LogP contribution in [0.3, 0.4) is 0 Å². The predicted octanol–water partition coefficient (Wildman–Crippen LogP) is 1.68. The molecule has 21 heavy (non-hydrogen) atoms. The van der Waals surface area contributed by atoms with Crippen LogP contribution in [0.2, 0.25) is 0 Å². The summed E-state index contributed by atoms with van der Waals surface area (Å²) in [5.74, 6) is 0.270. The van der Waals surface area contributed by atoms with Gasteiger partial charge < -0.3 is 20.3 Å². The fourth-order valence-corrected chi connectivity index (χ4v) is 3.35. The Labute approximate surface area is 129 Å². The number of morpholine rings is 1. The average molecular weight is 312 g/mol. The van der Waals surface area contributed by atoms with Crippen molar-refractivity contribution in [3.63, 3.8) is 0 Å². The van der Waals surface area contributed by atoms with E-state index in [1.165, 1.54) is 11.3 Å². The smallest absolute Gasteiger partial charge is 0.267 e. The monoisotopic (exact) mass is 312 g/mol. The van der Waals surface area contributed by atoms with Crippen molar-refractivity contribution in [2.45, 2.75) is 20.8 Å². The van der Waals surface area contributed by atoms with Crippen LogP contribution in [0.1, 0.15) is 30.4 Å². The molecule has 0 radical (unpaired) electrons. The molecule has 0 saturated carbocycles. The maximum atomic E-state index is 12.5. The number of amides is 1. The van der Waals surface area contributed by atoms with Gasteiger partial charge in [-0.15, -0.1) is 0 Å². The molecule has 1 aliphatic rings. The lowest BCUT2D eigenvalue weighted by molar-refractivity contribution is 0.0751. The van der Waals surface area contributed by atoms with Crippen LogP contribution in [0.5, 0.6) is 0 Å². The molecule has 118 valence electrons. The maximum Gasteiger partial charge on any atom is 0.267 e. The van der Waals surface area contributed by atoms with E-state index >= 15 is 0 Å². The Bertz CT molecular complexity index is 504. The van der Waals surface area contributed by atoms with Crippen LogP contribution < -0.4 is 10.6 Å². The van der Waals surface area contributed by atoms with Crippen molar-refractivity contribution in [2.24, 2.45) is 5.41 Å². The molecule has 1 amide bonds. The van der Waals surface area contributed by atoms with Gasteiger partial charge in [-0.05, 0) is 5.41 Å². The van der Waals surface area contributed by atoms with Crippen LogP contribution in [0.25, 0.3) is 0 Å². The highest BCUT2D eigenvalue weighted by atomic mass is 32.1. The van der Waals surface area contributed by atoms with Crippen LogP contribution in [0.4, 0.5) is 10.9 Å². The predicted molar refractivity (Wildman–Crippen MR) is 86.0 cm³/mol. The highest BCUT2D eigenvalue weighted by molar-refractivity contribution is 7.18. The fraction of sp³-hybridized carbons (Fsp3) is 0.714. The number of nitrogens with two attached hydrogens (primary N) is 1. The summed E-state index contributed by atoms with van der Waals surface area (Å²) in [6.07, 6.45) is 0. The minimum Gasteiger partial charge on any atom is -0.382 e. The van der Waals surface area contributed by atoms with Crippen molar-refractivity contribution in [3.05, 3.63) is 4.88 Å². The van der Waals surface area contributed by atoms with Crippen LogP contribution in [-0.2, 0) is 4.74 Å². The van der Waals surface area contributed by atoms with Crippen LogP contribution in [-0.4, -0.2) is 55.7 Å². The zero-order valence-electron chi connectivity index (χ0n) is 13.2. The Balaban J connectivity index is 2.12. The second-order valence-electron chi connectivity index (χ2n) is 6.53. The van der Waals surface area contributed by atoms with Gasteiger partial charge in [0.1, 0.15) is 10.7 Å². The SMILES string of the molecule is CN(CC(C)(C)C)C(=O)c1sc(N2CCOCC2)nc1N. The highest BCUT2D eigenvalue weighted by Gasteiger charge is 2.25. The number of aromatic nitrogens is 1. The number of carbonyl (C=O) groups is 1. The van der Waals surface area contributed by atoms with Crippen LogP contribution >= 0.6 is 11.3 Å². The summed E-state index contributed by atoms with van der Waals surface area (Å²) in [5.41, 5.74) is 6.00. The number of ether oxygens (including phenoxy) is 1. The van der Waals surface area contributed by atoms with Gasteiger partial charge in [0, 0.05) is 26.7 Å². The van der Waals surface area contributed by atoms with E-state index in [1.807, 2.05) is 0 Å². The molecule has 2 rings (SSSR count). The summed E-state index contributed by atoms with van der Waals surface area (Å²) in [6.45, 7) is 9.94. The molecule has 7 heteroatoms.